The third kappa shape index (κ3) is 3.96. The van der Waals surface area contributed by atoms with Gasteiger partial charge in [0, 0.05) is 32.3 Å². The van der Waals surface area contributed by atoms with Gasteiger partial charge >= 0.3 is 0 Å². The van der Waals surface area contributed by atoms with Gasteiger partial charge in [-0.3, -0.25) is 0 Å². The van der Waals surface area contributed by atoms with Crippen LogP contribution in [0.25, 0.3) is 0 Å². The highest BCUT2D eigenvalue weighted by Crippen LogP contribution is 2.18. The Labute approximate surface area is 107 Å². The Morgan fingerprint density at radius 1 is 1.41 bits per heavy atom. The predicted octanol–water partition coefficient (Wildman–Crippen LogP) is 2.00. The van der Waals surface area contributed by atoms with Crippen molar-refractivity contribution in [3.8, 4) is 0 Å². The first-order valence-corrected chi connectivity index (χ1v) is 7.01. The smallest absolute Gasteiger partial charge is 0.242 e. The van der Waals surface area contributed by atoms with Crippen molar-refractivity contribution >= 4 is 21.6 Å². The van der Waals surface area contributed by atoms with E-state index in [1.807, 2.05) is 0 Å². The minimum absolute atomic E-state index is 0.213. The molecular formula is C11H16ClNO3S. The summed E-state index contributed by atoms with van der Waals surface area (Å²) in [5.41, 5.74) is 0. The zero-order valence-corrected chi connectivity index (χ0v) is 11.5. The second-order valence-corrected chi connectivity index (χ2v) is 6.11. The Morgan fingerprint density at radius 3 is 2.71 bits per heavy atom. The summed E-state index contributed by atoms with van der Waals surface area (Å²) >= 11 is 5.78. The van der Waals surface area contributed by atoms with Gasteiger partial charge in [-0.15, -0.1) is 0 Å². The molecule has 0 bridgehead atoms. The fraction of sp³-hybridized carbons (Fsp3) is 0.455. The molecule has 17 heavy (non-hydrogen) atoms. The standard InChI is InChI=1S/C11H16ClNO3S/c1-13(7-4-8-16-2)17(14,15)11-6-3-5-10(12)9-11/h3,5-6,9H,4,7-8H2,1-2H3. The highest BCUT2D eigenvalue weighted by atomic mass is 35.5. The molecule has 6 heteroatoms. The van der Waals surface area contributed by atoms with Crippen molar-refractivity contribution in [2.45, 2.75) is 11.3 Å². The lowest BCUT2D eigenvalue weighted by atomic mass is 10.4. The van der Waals surface area contributed by atoms with Crippen LogP contribution in [0.15, 0.2) is 29.2 Å². The molecule has 1 aromatic carbocycles. The highest BCUT2D eigenvalue weighted by molar-refractivity contribution is 7.89. The zero-order valence-electron chi connectivity index (χ0n) is 9.89. The first kappa shape index (κ1) is 14.4. The van der Waals surface area contributed by atoms with Gasteiger partial charge < -0.3 is 4.74 Å². The molecule has 0 saturated heterocycles. The third-order valence-electron chi connectivity index (χ3n) is 2.33. The number of benzene rings is 1. The number of hydrogen-bond donors (Lipinski definition) is 0. The molecule has 0 aliphatic heterocycles. The molecular weight excluding hydrogens is 262 g/mol. The number of ether oxygens (including phenoxy) is 1. The van der Waals surface area contributed by atoms with E-state index in [1.165, 1.54) is 16.4 Å². The first-order valence-electron chi connectivity index (χ1n) is 5.19. The lowest BCUT2D eigenvalue weighted by molar-refractivity contribution is 0.189. The van der Waals surface area contributed by atoms with E-state index in [1.54, 1.807) is 26.3 Å². The van der Waals surface area contributed by atoms with E-state index in [0.717, 1.165) is 0 Å². The predicted molar refractivity (Wildman–Crippen MR) is 67.8 cm³/mol. The minimum Gasteiger partial charge on any atom is -0.385 e. The number of hydrogen-bond acceptors (Lipinski definition) is 3. The summed E-state index contributed by atoms with van der Waals surface area (Å²) in [5, 5.41) is 0.413. The van der Waals surface area contributed by atoms with Gasteiger partial charge in [-0.25, -0.2) is 12.7 Å². The van der Waals surface area contributed by atoms with Crippen molar-refractivity contribution in [1.82, 2.24) is 4.31 Å². The van der Waals surface area contributed by atoms with Gasteiger partial charge in [0.15, 0.2) is 0 Å². The maximum atomic E-state index is 12.1. The van der Waals surface area contributed by atoms with Crippen LogP contribution < -0.4 is 0 Å². The van der Waals surface area contributed by atoms with Crippen molar-refractivity contribution in [3.63, 3.8) is 0 Å². The average molecular weight is 278 g/mol. The van der Waals surface area contributed by atoms with Crippen LogP contribution in [-0.4, -0.2) is 40.0 Å². The largest absolute Gasteiger partial charge is 0.385 e. The van der Waals surface area contributed by atoms with Crippen molar-refractivity contribution in [2.75, 3.05) is 27.3 Å². The monoisotopic (exact) mass is 277 g/mol. The van der Waals surface area contributed by atoms with E-state index in [4.69, 9.17) is 16.3 Å². The fourth-order valence-electron chi connectivity index (χ4n) is 1.36. The van der Waals surface area contributed by atoms with Crippen LogP contribution in [0.2, 0.25) is 5.02 Å². The first-order chi connectivity index (χ1) is 7.98. The number of methoxy groups -OCH3 is 1. The van der Waals surface area contributed by atoms with Crippen molar-refractivity contribution in [2.24, 2.45) is 0 Å². The number of halogens is 1. The molecule has 0 aromatic heterocycles. The number of sulfonamides is 1. The van der Waals surface area contributed by atoms with E-state index in [0.29, 0.717) is 24.6 Å². The quantitative estimate of drug-likeness (QED) is 0.747. The maximum absolute atomic E-state index is 12.1. The van der Waals surface area contributed by atoms with Crippen LogP contribution in [0.1, 0.15) is 6.42 Å². The highest BCUT2D eigenvalue weighted by Gasteiger charge is 2.20. The van der Waals surface area contributed by atoms with Crippen molar-refractivity contribution in [3.05, 3.63) is 29.3 Å². The van der Waals surface area contributed by atoms with E-state index >= 15 is 0 Å². The van der Waals surface area contributed by atoms with Gasteiger partial charge in [0.2, 0.25) is 10.0 Å². The summed E-state index contributed by atoms with van der Waals surface area (Å²) in [6.45, 7) is 0.956. The van der Waals surface area contributed by atoms with Gasteiger partial charge in [-0.05, 0) is 24.6 Å². The Balaban J connectivity index is 2.80. The summed E-state index contributed by atoms with van der Waals surface area (Å²) in [7, 11) is -0.312. The summed E-state index contributed by atoms with van der Waals surface area (Å²) < 4.78 is 30.4. The SMILES string of the molecule is COCCCN(C)S(=O)(=O)c1cccc(Cl)c1. The molecule has 0 N–H and O–H groups in total. The minimum atomic E-state index is -3.45. The zero-order chi connectivity index (χ0) is 12.9. The van der Waals surface area contributed by atoms with E-state index in [2.05, 4.69) is 0 Å². The number of nitrogens with zero attached hydrogens (tertiary/aromatic N) is 1. The van der Waals surface area contributed by atoms with Gasteiger partial charge in [0.25, 0.3) is 0 Å². The molecule has 0 unspecified atom stereocenters. The Kier molecular flexibility index (Phi) is 5.39. The second kappa shape index (κ2) is 6.35. The molecule has 0 saturated carbocycles. The molecule has 0 aliphatic rings. The molecule has 1 aromatic rings. The lowest BCUT2D eigenvalue weighted by Gasteiger charge is -2.16. The van der Waals surface area contributed by atoms with E-state index in [9.17, 15) is 8.42 Å². The molecule has 0 amide bonds. The number of rotatable bonds is 6. The molecule has 0 atom stereocenters. The topological polar surface area (TPSA) is 46.6 Å². The molecule has 0 radical (unpaired) electrons. The van der Waals surface area contributed by atoms with Crippen LogP contribution >= 0.6 is 11.6 Å². The fourth-order valence-corrected chi connectivity index (χ4v) is 2.87. The van der Waals surface area contributed by atoms with Crippen LogP contribution in [-0.2, 0) is 14.8 Å². The summed E-state index contributed by atoms with van der Waals surface area (Å²) in [4.78, 5) is 0.213. The van der Waals surface area contributed by atoms with E-state index in [-0.39, 0.29) is 4.90 Å². The van der Waals surface area contributed by atoms with Crippen molar-refractivity contribution < 1.29 is 13.2 Å². The summed E-state index contributed by atoms with van der Waals surface area (Å²) in [6.07, 6.45) is 0.660. The Bertz CT molecular complexity index is 462. The molecule has 0 heterocycles. The van der Waals surface area contributed by atoms with Crippen LogP contribution in [0.3, 0.4) is 0 Å². The van der Waals surface area contributed by atoms with E-state index < -0.39 is 10.0 Å². The molecule has 96 valence electrons. The molecule has 0 spiro atoms. The Morgan fingerprint density at radius 2 is 2.12 bits per heavy atom. The van der Waals surface area contributed by atoms with Crippen LogP contribution in [0, 0.1) is 0 Å². The average Bonchev–Trinajstić information content (AvgIpc) is 2.29. The normalized spacial score (nSPS) is 12.0. The van der Waals surface area contributed by atoms with Gasteiger partial charge in [0.1, 0.15) is 0 Å². The van der Waals surface area contributed by atoms with Gasteiger partial charge in [-0.2, -0.15) is 0 Å². The molecule has 0 aliphatic carbocycles. The molecule has 0 fully saturated rings. The molecule has 4 nitrogen and oxygen atoms in total. The maximum Gasteiger partial charge on any atom is 0.242 e. The summed E-state index contributed by atoms with van der Waals surface area (Å²) in [6, 6.07) is 6.25. The summed E-state index contributed by atoms with van der Waals surface area (Å²) in [5.74, 6) is 0. The third-order valence-corrected chi connectivity index (χ3v) is 4.41. The second-order valence-electron chi connectivity index (χ2n) is 3.63. The van der Waals surface area contributed by atoms with Crippen LogP contribution in [0.5, 0.6) is 0 Å². The van der Waals surface area contributed by atoms with Crippen LogP contribution in [0.4, 0.5) is 0 Å². The van der Waals surface area contributed by atoms with Gasteiger partial charge in [0.05, 0.1) is 4.90 Å². The van der Waals surface area contributed by atoms with Gasteiger partial charge in [-0.1, -0.05) is 17.7 Å². The lowest BCUT2D eigenvalue weighted by Crippen LogP contribution is -2.28. The van der Waals surface area contributed by atoms with Crippen molar-refractivity contribution in [1.29, 1.82) is 0 Å². The Hall–Kier alpha value is -0.620. The molecule has 1 rings (SSSR count).